The van der Waals surface area contributed by atoms with Crippen molar-refractivity contribution in [3.05, 3.63) is 0 Å². The zero-order valence-corrected chi connectivity index (χ0v) is 14.9. The summed E-state index contributed by atoms with van der Waals surface area (Å²) >= 11 is 0. The lowest BCUT2D eigenvalue weighted by atomic mass is 9.92. The topological polar surface area (TPSA) is 9.23 Å². The van der Waals surface area contributed by atoms with Crippen LogP contribution in [0.25, 0.3) is 0 Å². The minimum Gasteiger partial charge on any atom is -0.385 e. The van der Waals surface area contributed by atoms with Crippen molar-refractivity contribution in [3.8, 4) is 0 Å². The van der Waals surface area contributed by atoms with Gasteiger partial charge in [-0.05, 0) is 24.2 Å². The van der Waals surface area contributed by atoms with Crippen molar-refractivity contribution in [1.29, 1.82) is 0 Å². The predicted molar refractivity (Wildman–Crippen MR) is 91.2 cm³/mol. The van der Waals surface area contributed by atoms with E-state index in [2.05, 4.69) is 27.7 Å². The zero-order valence-electron chi connectivity index (χ0n) is 14.9. The van der Waals surface area contributed by atoms with E-state index in [1.807, 2.05) is 0 Å². The van der Waals surface area contributed by atoms with Crippen molar-refractivity contribution in [1.82, 2.24) is 0 Å². The highest BCUT2D eigenvalue weighted by atomic mass is 16.5. The number of hydrogen-bond acceptors (Lipinski definition) is 1. The average molecular weight is 285 g/mol. The molecule has 0 amide bonds. The molecule has 0 saturated carbocycles. The fraction of sp³-hybridized carbons (Fsp3) is 1.00. The number of hydrogen-bond donors (Lipinski definition) is 0. The van der Waals surface area contributed by atoms with Gasteiger partial charge in [0.25, 0.3) is 0 Å². The van der Waals surface area contributed by atoms with Crippen LogP contribution in [0, 0.1) is 17.8 Å². The van der Waals surface area contributed by atoms with Gasteiger partial charge in [-0.2, -0.15) is 0 Å². The second-order valence-electron chi connectivity index (χ2n) is 7.31. The number of methoxy groups -OCH3 is 1. The van der Waals surface area contributed by atoms with Gasteiger partial charge < -0.3 is 4.74 Å². The summed E-state index contributed by atoms with van der Waals surface area (Å²) in [5, 5.41) is 0. The number of rotatable bonds is 14. The summed E-state index contributed by atoms with van der Waals surface area (Å²) in [6.07, 6.45) is 13.9. The Morgan fingerprint density at radius 1 is 0.600 bits per heavy atom. The molecule has 0 aromatic carbocycles. The summed E-state index contributed by atoms with van der Waals surface area (Å²) < 4.78 is 5.09. The van der Waals surface area contributed by atoms with Gasteiger partial charge in [-0.1, -0.05) is 85.5 Å². The molecule has 0 aromatic rings. The third-order valence-electron chi connectivity index (χ3n) is 4.42. The summed E-state index contributed by atoms with van der Waals surface area (Å²) in [5.74, 6) is 2.73. The lowest BCUT2D eigenvalue weighted by molar-refractivity contribution is 0.191. The van der Waals surface area contributed by atoms with Crippen molar-refractivity contribution in [2.24, 2.45) is 17.8 Å². The Morgan fingerprint density at radius 2 is 1.10 bits per heavy atom. The maximum Gasteiger partial charge on any atom is 0.0462 e. The SMILES string of the molecule is COCCCCCC(C)CCCC(C)CCCC(C)C. The molecule has 0 aromatic heterocycles. The number of ether oxygens (including phenoxy) is 1. The first-order chi connectivity index (χ1) is 9.56. The van der Waals surface area contributed by atoms with Crippen LogP contribution < -0.4 is 0 Å². The molecule has 2 atom stereocenters. The molecule has 0 aliphatic heterocycles. The first-order valence-electron chi connectivity index (χ1n) is 9.05. The standard InChI is InChI=1S/C19H40O/c1-17(2)11-9-13-19(4)15-10-14-18(3)12-7-6-8-16-20-5/h17-19H,6-16H2,1-5H3. The first-order valence-corrected chi connectivity index (χ1v) is 9.05. The van der Waals surface area contributed by atoms with Crippen LogP contribution in [0.2, 0.25) is 0 Å². The van der Waals surface area contributed by atoms with Crippen molar-refractivity contribution in [2.75, 3.05) is 13.7 Å². The van der Waals surface area contributed by atoms with E-state index in [1.54, 1.807) is 7.11 Å². The van der Waals surface area contributed by atoms with E-state index in [1.165, 1.54) is 64.2 Å². The van der Waals surface area contributed by atoms with Crippen molar-refractivity contribution in [3.63, 3.8) is 0 Å². The molecule has 0 fully saturated rings. The minimum absolute atomic E-state index is 0.875. The summed E-state index contributed by atoms with van der Waals surface area (Å²) in [5.41, 5.74) is 0. The third-order valence-corrected chi connectivity index (χ3v) is 4.42. The molecular formula is C19H40O. The maximum atomic E-state index is 5.09. The van der Waals surface area contributed by atoms with E-state index in [0.29, 0.717) is 0 Å². The van der Waals surface area contributed by atoms with E-state index in [-0.39, 0.29) is 0 Å². The van der Waals surface area contributed by atoms with Crippen LogP contribution in [0.5, 0.6) is 0 Å². The summed E-state index contributed by atoms with van der Waals surface area (Å²) in [6.45, 7) is 10.5. The smallest absolute Gasteiger partial charge is 0.0462 e. The summed E-state index contributed by atoms with van der Waals surface area (Å²) in [4.78, 5) is 0. The van der Waals surface area contributed by atoms with Crippen LogP contribution in [0.3, 0.4) is 0 Å². The van der Waals surface area contributed by atoms with Gasteiger partial charge in [0.05, 0.1) is 0 Å². The second kappa shape index (κ2) is 13.9. The predicted octanol–water partition coefficient (Wildman–Crippen LogP) is 6.46. The molecule has 2 unspecified atom stereocenters. The molecule has 0 spiro atoms. The van der Waals surface area contributed by atoms with E-state index >= 15 is 0 Å². The molecule has 20 heavy (non-hydrogen) atoms. The summed E-state index contributed by atoms with van der Waals surface area (Å²) in [7, 11) is 1.80. The molecular weight excluding hydrogens is 244 g/mol. The third kappa shape index (κ3) is 14.4. The quantitative estimate of drug-likeness (QED) is 0.332. The van der Waals surface area contributed by atoms with Gasteiger partial charge in [0.2, 0.25) is 0 Å². The highest BCUT2D eigenvalue weighted by Crippen LogP contribution is 2.21. The molecule has 0 heterocycles. The van der Waals surface area contributed by atoms with Crippen LogP contribution >= 0.6 is 0 Å². The lowest BCUT2D eigenvalue weighted by Gasteiger charge is -2.15. The Balaban J connectivity index is 3.34. The highest BCUT2D eigenvalue weighted by Gasteiger charge is 2.06. The Labute approximate surface area is 128 Å². The highest BCUT2D eigenvalue weighted by molar-refractivity contribution is 4.59. The van der Waals surface area contributed by atoms with Gasteiger partial charge in [-0.15, -0.1) is 0 Å². The Morgan fingerprint density at radius 3 is 1.60 bits per heavy atom. The molecule has 1 heteroatoms. The molecule has 0 radical (unpaired) electrons. The van der Waals surface area contributed by atoms with Crippen molar-refractivity contribution >= 4 is 0 Å². The second-order valence-corrected chi connectivity index (χ2v) is 7.31. The average Bonchev–Trinajstić information content (AvgIpc) is 2.38. The van der Waals surface area contributed by atoms with Gasteiger partial charge >= 0.3 is 0 Å². The zero-order chi connectivity index (χ0) is 15.2. The maximum absolute atomic E-state index is 5.09. The lowest BCUT2D eigenvalue weighted by Crippen LogP contribution is -2.00. The van der Waals surface area contributed by atoms with E-state index < -0.39 is 0 Å². The van der Waals surface area contributed by atoms with Crippen LogP contribution in [0.15, 0.2) is 0 Å². The summed E-state index contributed by atoms with van der Waals surface area (Å²) in [6, 6.07) is 0. The van der Waals surface area contributed by atoms with Gasteiger partial charge in [0.1, 0.15) is 0 Å². The van der Waals surface area contributed by atoms with E-state index in [4.69, 9.17) is 4.74 Å². The molecule has 0 aliphatic rings. The van der Waals surface area contributed by atoms with Gasteiger partial charge in [-0.25, -0.2) is 0 Å². The van der Waals surface area contributed by atoms with Gasteiger partial charge in [0, 0.05) is 13.7 Å². The van der Waals surface area contributed by atoms with Crippen molar-refractivity contribution < 1.29 is 4.74 Å². The Bertz CT molecular complexity index is 188. The molecule has 0 saturated heterocycles. The monoisotopic (exact) mass is 284 g/mol. The Kier molecular flexibility index (Phi) is 13.9. The molecule has 0 rings (SSSR count). The van der Waals surface area contributed by atoms with Crippen LogP contribution in [-0.2, 0) is 4.74 Å². The van der Waals surface area contributed by atoms with Crippen LogP contribution in [0.4, 0.5) is 0 Å². The number of unbranched alkanes of at least 4 members (excludes halogenated alkanes) is 2. The molecule has 122 valence electrons. The molecule has 0 N–H and O–H groups in total. The minimum atomic E-state index is 0.875. The van der Waals surface area contributed by atoms with E-state index in [0.717, 1.165) is 24.4 Å². The fourth-order valence-corrected chi connectivity index (χ4v) is 2.89. The molecule has 0 aliphatic carbocycles. The molecule has 1 nitrogen and oxygen atoms in total. The first kappa shape index (κ1) is 20.0. The molecule has 0 bridgehead atoms. The fourth-order valence-electron chi connectivity index (χ4n) is 2.89. The van der Waals surface area contributed by atoms with Gasteiger partial charge in [-0.3, -0.25) is 0 Å². The Hall–Kier alpha value is -0.0400. The van der Waals surface area contributed by atoms with Crippen molar-refractivity contribution in [2.45, 2.75) is 91.9 Å². The van der Waals surface area contributed by atoms with Crippen LogP contribution in [-0.4, -0.2) is 13.7 Å². The van der Waals surface area contributed by atoms with Gasteiger partial charge in [0.15, 0.2) is 0 Å². The van der Waals surface area contributed by atoms with Crippen LogP contribution in [0.1, 0.15) is 91.9 Å². The van der Waals surface area contributed by atoms with E-state index in [9.17, 15) is 0 Å². The largest absolute Gasteiger partial charge is 0.385 e. The normalized spacial score (nSPS) is 14.7.